The van der Waals surface area contributed by atoms with E-state index < -0.39 is 0 Å². The summed E-state index contributed by atoms with van der Waals surface area (Å²) in [6.45, 7) is 5.18. The Balaban J connectivity index is 1.53. The number of hydrogen-bond acceptors (Lipinski definition) is 6. The molecule has 2 fully saturated rings. The third-order valence-electron chi connectivity index (χ3n) is 5.68. The average Bonchev–Trinajstić information content (AvgIpc) is 3.26. The molecule has 7 nitrogen and oxygen atoms in total. The zero-order valence-electron chi connectivity index (χ0n) is 16.7. The summed E-state index contributed by atoms with van der Waals surface area (Å²) in [5.41, 5.74) is 2.03. The van der Waals surface area contributed by atoms with E-state index >= 15 is 0 Å². The number of anilines is 4. The number of rotatable bonds is 6. The molecule has 0 atom stereocenters. The fraction of sp³-hybridized carbons (Fsp3) is 0.476. The van der Waals surface area contributed by atoms with Crippen molar-refractivity contribution in [1.29, 1.82) is 0 Å². The number of aryl methyl sites for hydroxylation is 1. The lowest BCUT2D eigenvalue weighted by molar-refractivity contribution is -0.107. The van der Waals surface area contributed by atoms with Crippen molar-refractivity contribution in [3.05, 3.63) is 35.8 Å². The number of hydrogen-bond donors (Lipinski definition) is 2. The molecule has 2 N–H and O–H groups in total. The SMILES string of the molecule is Cc1cnc(Nc2ccc(N3CCNCC3)c(F)c2)nc1N(C=O)C1CCCC1. The number of amides is 1. The van der Waals surface area contributed by atoms with Gasteiger partial charge in [-0.25, -0.2) is 9.37 Å². The van der Waals surface area contributed by atoms with Crippen LogP contribution in [0.2, 0.25) is 0 Å². The van der Waals surface area contributed by atoms with E-state index in [9.17, 15) is 9.18 Å². The van der Waals surface area contributed by atoms with E-state index in [4.69, 9.17) is 0 Å². The highest BCUT2D eigenvalue weighted by Crippen LogP contribution is 2.29. The summed E-state index contributed by atoms with van der Waals surface area (Å²) in [4.78, 5) is 24.4. The molecule has 1 saturated heterocycles. The fourth-order valence-electron chi connectivity index (χ4n) is 4.12. The molecule has 8 heteroatoms. The first-order chi connectivity index (χ1) is 14.2. The molecule has 1 aliphatic heterocycles. The van der Waals surface area contributed by atoms with Crippen molar-refractivity contribution >= 4 is 29.6 Å². The van der Waals surface area contributed by atoms with Gasteiger partial charge in [0.25, 0.3) is 0 Å². The van der Waals surface area contributed by atoms with Gasteiger partial charge in [-0.15, -0.1) is 0 Å². The van der Waals surface area contributed by atoms with Crippen molar-refractivity contribution in [3.63, 3.8) is 0 Å². The van der Waals surface area contributed by atoms with Gasteiger partial charge in [-0.2, -0.15) is 4.98 Å². The lowest BCUT2D eigenvalue weighted by Gasteiger charge is -2.29. The molecule has 1 aromatic carbocycles. The topological polar surface area (TPSA) is 73.4 Å². The van der Waals surface area contributed by atoms with Gasteiger partial charge in [0, 0.05) is 49.7 Å². The van der Waals surface area contributed by atoms with Crippen LogP contribution in [-0.4, -0.2) is 48.6 Å². The summed E-state index contributed by atoms with van der Waals surface area (Å²) in [5, 5.41) is 6.35. The Bertz CT molecular complexity index is 864. The molecule has 1 amide bonds. The Labute approximate surface area is 170 Å². The maximum Gasteiger partial charge on any atom is 0.229 e. The maximum atomic E-state index is 14.7. The van der Waals surface area contributed by atoms with E-state index in [1.165, 1.54) is 6.07 Å². The number of carbonyl (C=O) groups excluding carboxylic acids is 1. The van der Waals surface area contributed by atoms with Crippen LogP contribution in [0, 0.1) is 12.7 Å². The highest BCUT2D eigenvalue weighted by atomic mass is 19.1. The predicted octanol–water partition coefficient (Wildman–Crippen LogP) is 2.98. The number of nitrogens with zero attached hydrogens (tertiary/aromatic N) is 4. The third-order valence-corrected chi connectivity index (χ3v) is 5.68. The first kappa shape index (κ1) is 19.6. The molecular weight excluding hydrogens is 371 g/mol. The minimum atomic E-state index is -0.273. The van der Waals surface area contributed by atoms with Crippen molar-refractivity contribution in [3.8, 4) is 0 Å². The second-order valence-electron chi connectivity index (χ2n) is 7.68. The van der Waals surface area contributed by atoms with Gasteiger partial charge in [-0.3, -0.25) is 9.69 Å². The number of aromatic nitrogens is 2. The maximum absolute atomic E-state index is 14.7. The van der Waals surface area contributed by atoms with E-state index in [-0.39, 0.29) is 11.9 Å². The number of benzene rings is 1. The van der Waals surface area contributed by atoms with Gasteiger partial charge in [0.05, 0.1) is 5.69 Å². The second kappa shape index (κ2) is 8.73. The molecule has 2 aromatic rings. The van der Waals surface area contributed by atoms with Crippen LogP contribution >= 0.6 is 0 Å². The molecule has 0 bridgehead atoms. The van der Waals surface area contributed by atoms with Gasteiger partial charge in [-0.05, 0) is 38.0 Å². The molecule has 0 radical (unpaired) electrons. The van der Waals surface area contributed by atoms with Crippen LogP contribution in [0.15, 0.2) is 24.4 Å². The van der Waals surface area contributed by atoms with Crippen molar-refractivity contribution < 1.29 is 9.18 Å². The minimum absolute atomic E-state index is 0.185. The van der Waals surface area contributed by atoms with E-state index in [1.54, 1.807) is 17.2 Å². The Kier molecular flexibility index (Phi) is 5.89. The third kappa shape index (κ3) is 4.32. The second-order valence-corrected chi connectivity index (χ2v) is 7.68. The highest BCUT2D eigenvalue weighted by Gasteiger charge is 2.25. The van der Waals surface area contributed by atoms with Crippen LogP contribution in [0.25, 0.3) is 0 Å². The molecule has 2 aliphatic rings. The molecule has 29 heavy (non-hydrogen) atoms. The van der Waals surface area contributed by atoms with Gasteiger partial charge >= 0.3 is 0 Å². The van der Waals surface area contributed by atoms with Gasteiger partial charge < -0.3 is 15.5 Å². The number of halogens is 1. The highest BCUT2D eigenvalue weighted by molar-refractivity contribution is 5.76. The molecule has 1 aliphatic carbocycles. The summed E-state index contributed by atoms with van der Waals surface area (Å²) >= 11 is 0. The van der Waals surface area contributed by atoms with E-state index in [2.05, 4.69) is 20.6 Å². The summed E-state index contributed by atoms with van der Waals surface area (Å²) in [5.74, 6) is 0.691. The zero-order valence-corrected chi connectivity index (χ0v) is 16.7. The largest absolute Gasteiger partial charge is 0.367 e. The molecule has 2 heterocycles. The van der Waals surface area contributed by atoms with Crippen LogP contribution in [0.4, 0.5) is 27.5 Å². The summed E-state index contributed by atoms with van der Waals surface area (Å²) < 4.78 is 14.7. The molecule has 1 aromatic heterocycles. The smallest absolute Gasteiger partial charge is 0.229 e. The Morgan fingerprint density at radius 1 is 1.28 bits per heavy atom. The van der Waals surface area contributed by atoms with Crippen LogP contribution in [0.3, 0.4) is 0 Å². The Morgan fingerprint density at radius 2 is 2.03 bits per heavy atom. The monoisotopic (exact) mass is 398 g/mol. The summed E-state index contributed by atoms with van der Waals surface area (Å²) in [6, 6.07) is 5.27. The molecule has 154 valence electrons. The van der Waals surface area contributed by atoms with Crippen LogP contribution in [0.5, 0.6) is 0 Å². The molecule has 1 saturated carbocycles. The van der Waals surface area contributed by atoms with E-state index in [0.717, 1.165) is 63.8 Å². The fourth-order valence-corrected chi connectivity index (χ4v) is 4.12. The normalized spacial score (nSPS) is 17.4. The molecular formula is C21H27FN6O. The summed E-state index contributed by atoms with van der Waals surface area (Å²) in [6.07, 6.45) is 6.79. The van der Waals surface area contributed by atoms with Crippen molar-refractivity contribution in [1.82, 2.24) is 15.3 Å². The van der Waals surface area contributed by atoms with Crippen molar-refractivity contribution in [2.45, 2.75) is 38.6 Å². The van der Waals surface area contributed by atoms with Gasteiger partial charge in [0.15, 0.2) is 0 Å². The van der Waals surface area contributed by atoms with Crippen LogP contribution < -0.4 is 20.4 Å². The molecule has 4 rings (SSSR count). The molecule has 0 unspecified atom stereocenters. The van der Waals surface area contributed by atoms with Gasteiger partial charge in [0.2, 0.25) is 12.4 Å². The minimum Gasteiger partial charge on any atom is -0.367 e. The van der Waals surface area contributed by atoms with E-state index in [0.29, 0.717) is 23.1 Å². The first-order valence-corrected chi connectivity index (χ1v) is 10.3. The summed E-state index contributed by atoms with van der Waals surface area (Å²) in [7, 11) is 0. The predicted molar refractivity (Wildman–Crippen MR) is 112 cm³/mol. The van der Waals surface area contributed by atoms with Gasteiger partial charge in [0.1, 0.15) is 11.6 Å². The lowest BCUT2D eigenvalue weighted by Crippen LogP contribution is -2.43. The number of nitrogens with one attached hydrogen (secondary N) is 2. The lowest BCUT2D eigenvalue weighted by atomic mass is 10.2. The quantitative estimate of drug-likeness (QED) is 0.729. The molecule has 0 spiro atoms. The Hall–Kier alpha value is -2.74. The standard InChI is InChI=1S/C21H27FN6O/c1-15-13-24-21(26-20(15)28(14-29)17-4-2-3-5-17)25-16-6-7-19(18(22)12-16)27-10-8-23-9-11-27/h6-7,12-14,17,23H,2-5,8-11H2,1H3,(H,24,25,26). The van der Waals surface area contributed by atoms with Gasteiger partial charge in [-0.1, -0.05) is 12.8 Å². The van der Waals surface area contributed by atoms with E-state index in [1.807, 2.05) is 17.9 Å². The van der Waals surface area contributed by atoms with Crippen LogP contribution in [0.1, 0.15) is 31.2 Å². The average molecular weight is 398 g/mol. The Morgan fingerprint density at radius 3 is 2.72 bits per heavy atom. The van der Waals surface area contributed by atoms with Crippen LogP contribution in [-0.2, 0) is 4.79 Å². The number of carbonyl (C=O) groups is 1. The van der Waals surface area contributed by atoms with Crippen molar-refractivity contribution in [2.24, 2.45) is 0 Å². The first-order valence-electron chi connectivity index (χ1n) is 10.3. The van der Waals surface area contributed by atoms with Crippen molar-refractivity contribution in [2.75, 3.05) is 41.3 Å². The number of piperazine rings is 1. The zero-order chi connectivity index (χ0) is 20.2.